The van der Waals surface area contributed by atoms with Crippen LogP contribution in [0.25, 0.3) is 0 Å². The van der Waals surface area contributed by atoms with Crippen LogP contribution < -0.4 is 10.2 Å². The van der Waals surface area contributed by atoms with Gasteiger partial charge in [0, 0.05) is 46.3 Å². The largest absolute Gasteiger partial charge is 0.379 e. The van der Waals surface area contributed by atoms with E-state index in [1.54, 1.807) is 6.92 Å². The van der Waals surface area contributed by atoms with Gasteiger partial charge >= 0.3 is 0 Å². The molecule has 7 nitrogen and oxygen atoms in total. The molecular formula is C17H29N5O2. The van der Waals surface area contributed by atoms with E-state index in [1.165, 1.54) is 0 Å². The Morgan fingerprint density at radius 1 is 1.38 bits per heavy atom. The molecule has 0 bridgehead atoms. The van der Waals surface area contributed by atoms with E-state index in [0.717, 1.165) is 49.6 Å². The number of rotatable bonds is 7. The lowest BCUT2D eigenvalue weighted by atomic mass is 10.1. The average molecular weight is 335 g/mol. The molecule has 2 heterocycles. The van der Waals surface area contributed by atoms with Crippen molar-refractivity contribution in [1.29, 1.82) is 0 Å². The van der Waals surface area contributed by atoms with E-state index in [1.807, 2.05) is 37.7 Å². The van der Waals surface area contributed by atoms with E-state index in [-0.39, 0.29) is 12.0 Å². The van der Waals surface area contributed by atoms with Crippen LogP contribution in [0, 0.1) is 0 Å². The summed E-state index contributed by atoms with van der Waals surface area (Å²) in [6.07, 6.45) is 1.97. The van der Waals surface area contributed by atoms with Crippen molar-refractivity contribution in [1.82, 2.24) is 14.9 Å². The van der Waals surface area contributed by atoms with Crippen molar-refractivity contribution in [3.63, 3.8) is 0 Å². The van der Waals surface area contributed by atoms with Crippen molar-refractivity contribution in [2.45, 2.75) is 46.3 Å². The van der Waals surface area contributed by atoms with Gasteiger partial charge in [0.15, 0.2) is 0 Å². The number of hydrogen-bond donors (Lipinski definition) is 1. The maximum atomic E-state index is 11.7. The molecule has 1 N–H and O–H groups in total. The molecule has 2 rings (SSSR count). The van der Waals surface area contributed by atoms with Crippen molar-refractivity contribution in [2.75, 3.05) is 44.0 Å². The molecule has 1 aromatic rings. The highest BCUT2D eigenvalue weighted by atomic mass is 16.5. The molecule has 134 valence electrons. The molecule has 1 aliphatic rings. The summed E-state index contributed by atoms with van der Waals surface area (Å²) in [7, 11) is 3.85. The molecule has 24 heavy (non-hydrogen) atoms. The molecule has 7 heteroatoms. The SMILES string of the molecule is CC(=O)N1CCc2c(nc(N(C)C)nc2NCCCOC(C)C)C1. The first-order chi connectivity index (χ1) is 11.4. The van der Waals surface area contributed by atoms with Gasteiger partial charge in [-0.3, -0.25) is 4.79 Å². The highest BCUT2D eigenvalue weighted by Crippen LogP contribution is 2.25. The molecule has 1 aliphatic heterocycles. The molecule has 0 aromatic carbocycles. The Kier molecular flexibility index (Phi) is 6.36. The monoisotopic (exact) mass is 335 g/mol. The Morgan fingerprint density at radius 3 is 2.75 bits per heavy atom. The number of aromatic nitrogens is 2. The standard InChI is InChI=1S/C17H29N5O2/c1-12(2)24-10-6-8-18-16-14-7-9-22(13(3)23)11-15(14)19-17(20-16)21(4)5/h12H,6-11H2,1-5H3,(H,18,19,20). The van der Waals surface area contributed by atoms with Crippen molar-refractivity contribution < 1.29 is 9.53 Å². The summed E-state index contributed by atoms with van der Waals surface area (Å²) in [6, 6.07) is 0. The average Bonchev–Trinajstić information content (AvgIpc) is 2.53. The van der Waals surface area contributed by atoms with Gasteiger partial charge in [0.2, 0.25) is 11.9 Å². The Morgan fingerprint density at radius 2 is 2.12 bits per heavy atom. The number of anilines is 2. The molecule has 0 saturated carbocycles. The molecule has 0 radical (unpaired) electrons. The van der Waals surface area contributed by atoms with E-state index in [4.69, 9.17) is 4.74 Å². The molecule has 0 aliphatic carbocycles. The molecule has 1 amide bonds. The number of nitrogens with one attached hydrogen (secondary N) is 1. The minimum absolute atomic E-state index is 0.0889. The van der Waals surface area contributed by atoms with Crippen molar-refractivity contribution in [2.24, 2.45) is 0 Å². The number of carbonyl (C=O) groups excluding carboxylic acids is 1. The molecule has 0 saturated heterocycles. The van der Waals surface area contributed by atoms with E-state index < -0.39 is 0 Å². The molecular weight excluding hydrogens is 306 g/mol. The fraction of sp³-hybridized carbons (Fsp3) is 0.706. The van der Waals surface area contributed by atoms with Crippen LogP contribution in [0.1, 0.15) is 38.4 Å². The Bertz CT molecular complexity index is 574. The Balaban J connectivity index is 2.10. The van der Waals surface area contributed by atoms with Gasteiger partial charge in [-0.05, 0) is 26.7 Å². The van der Waals surface area contributed by atoms with Gasteiger partial charge in [-0.2, -0.15) is 4.98 Å². The maximum absolute atomic E-state index is 11.7. The number of amides is 1. The number of nitrogens with zero attached hydrogens (tertiary/aromatic N) is 4. The Hall–Kier alpha value is -1.89. The summed E-state index contributed by atoms with van der Waals surface area (Å²) in [5, 5.41) is 3.42. The molecule has 0 fully saturated rings. The summed E-state index contributed by atoms with van der Waals surface area (Å²) in [6.45, 7) is 8.50. The van der Waals surface area contributed by atoms with Crippen LogP contribution in [-0.4, -0.2) is 60.7 Å². The first kappa shape index (κ1) is 18.4. The summed E-state index contributed by atoms with van der Waals surface area (Å²) in [5.74, 6) is 1.64. The van der Waals surface area contributed by atoms with Crippen LogP contribution in [0.5, 0.6) is 0 Å². The summed E-state index contributed by atoms with van der Waals surface area (Å²) >= 11 is 0. The second kappa shape index (κ2) is 8.28. The molecule has 0 spiro atoms. The van der Waals surface area contributed by atoms with E-state index in [0.29, 0.717) is 12.5 Å². The van der Waals surface area contributed by atoms with Gasteiger partial charge in [0.1, 0.15) is 5.82 Å². The Labute approximate surface area is 144 Å². The maximum Gasteiger partial charge on any atom is 0.227 e. The summed E-state index contributed by atoms with van der Waals surface area (Å²) < 4.78 is 5.57. The molecule has 1 aromatic heterocycles. The lowest BCUT2D eigenvalue weighted by Gasteiger charge is -2.29. The highest BCUT2D eigenvalue weighted by Gasteiger charge is 2.24. The van der Waals surface area contributed by atoms with Gasteiger partial charge in [-0.15, -0.1) is 0 Å². The second-order valence-electron chi connectivity index (χ2n) is 6.58. The summed E-state index contributed by atoms with van der Waals surface area (Å²) in [4.78, 5) is 24.6. The van der Waals surface area contributed by atoms with Gasteiger partial charge in [-0.1, -0.05) is 0 Å². The smallest absolute Gasteiger partial charge is 0.227 e. The van der Waals surface area contributed by atoms with Crippen LogP contribution >= 0.6 is 0 Å². The lowest BCUT2D eigenvalue weighted by Crippen LogP contribution is -2.36. The number of hydrogen-bond acceptors (Lipinski definition) is 6. The third-order valence-corrected chi connectivity index (χ3v) is 3.96. The lowest BCUT2D eigenvalue weighted by molar-refractivity contribution is -0.129. The predicted octanol–water partition coefficient (Wildman–Crippen LogP) is 1.67. The van der Waals surface area contributed by atoms with Crippen molar-refractivity contribution in [3.05, 3.63) is 11.3 Å². The summed E-state index contributed by atoms with van der Waals surface area (Å²) in [5.41, 5.74) is 2.07. The third-order valence-electron chi connectivity index (χ3n) is 3.96. The van der Waals surface area contributed by atoms with Gasteiger partial charge in [0.05, 0.1) is 18.3 Å². The zero-order valence-corrected chi connectivity index (χ0v) is 15.4. The molecule has 0 atom stereocenters. The van der Waals surface area contributed by atoms with Crippen LogP contribution in [-0.2, 0) is 22.5 Å². The first-order valence-electron chi connectivity index (χ1n) is 8.56. The van der Waals surface area contributed by atoms with E-state index >= 15 is 0 Å². The topological polar surface area (TPSA) is 70.6 Å². The number of ether oxygens (including phenoxy) is 1. The number of carbonyl (C=O) groups is 1. The second-order valence-corrected chi connectivity index (χ2v) is 6.58. The van der Waals surface area contributed by atoms with E-state index in [9.17, 15) is 4.79 Å². The predicted molar refractivity (Wildman–Crippen MR) is 95.3 cm³/mol. The van der Waals surface area contributed by atoms with Crippen molar-refractivity contribution >= 4 is 17.7 Å². The van der Waals surface area contributed by atoms with Gasteiger partial charge in [0.25, 0.3) is 0 Å². The van der Waals surface area contributed by atoms with Gasteiger partial charge < -0.3 is 19.9 Å². The number of fused-ring (bicyclic) bond motifs is 1. The quantitative estimate of drug-likeness (QED) is 0.765. The fourth-order valence-corrected chi connectivity index (χ4v) is 2.63. The van der Waals surface area contributed by atoms with Crippen LogP contribution in [0.4, 0.5) is 11.8 Å². The highest BCUT2D eigenvalue weighted by molar-refractivity contribution is 5.73. The van der Waals surface area contributed by atoms with Crippen LogP contribution in [0.3, 0.4) is 0 Å². The first-order valence-corrected chi connectivity index (χ1v) is 8.56. The van der Waals surface area contributed by atoms with Crippen LogP contribution in [0.2, 0.25) is 0 Å². The third kappa shape index (κ3) is 4.80. The fourth-order valence-electron chi connectivity index (χ4n) is 2.63. The zero-order valence-electron chi connectivity index (χ0n) is 15.4. The molecule has 0 unspecified atom stereocenters. The zero-order chi connectivity index (χ0) is 17.7. The van der Waals surface area contributed by atoms with Gasteiger partial charge in [-0.25, -0.2) is 4.98 Å². The normalized spacial score (nSPS) is 13.8. The van der Waals surface area contributed by atoms with Crippen LogP contribution in [0.15, 0.2) is 0 Å². The van der Waals surface area contributed by atoms with Crippen molar-refractivity contribution in [3.8, 4) is 0 Å². The van der Waals surface area contributed by atoms with E-state index in [2.05, 4.69) is 15.3 Å². The minimum Gasteiger partial charge on any atom is -0.379 e. The minimum atomic E-state index is 0.0889.